The Balaban J connectivity index is 1.52. The van der Waals surface area contributed by atoms with Gasteiger partial charge in [-0.1, -0.05) is 26.2 Å². The third-order valence-corrected chi connectivity index (χ3v) is 6.24. The van der Waals surface area contributed by atoms with Gasteiger partial charge >= 0.3 is 6.03 Å². The van der Waals surface area contributed by atoms with Crippen molar-refractivity contribution in [3.63, 3.8) is 0 Å². The van der Waals surface area contributed by atoms with Gasteiger partial charge in [0.2, 0.25) is 0 Å². The fraction of sp³-hybridized carbons (Fsp3) is 0.941. The second-order valence-corrected chi connectivity index (χ2v) is 7.30. The number of hydrogen-bond acceptors (Lipinski definition) is 3. The molecule has 0 aromatic heterocycles. The van der Waals surface area contributed by atoms with Crippen LogP contribution >= 0.6 is 0 Å². The number of hydrogen-bond donors (Lipinski definition) is 3. The van der Waals surface area contributed by atoms with Gasteiger partial charge in [-0.2, -0.15) is 0 Å². The van der Waals surface area contributed by atoms with E-state index >= 15 is 0 Å². The van der Waals surface area contributed by atoms with Crippen LogP contribution in [-0.2, 0) is 4.74 Å². The number of amides is 2. The molecule has 3 N–H and O–H groups in total. The number of aliphatic hydroxyl groups excluding tert-OH is 1. The molecule has 5 heteroatoms. The van der Waals surface area contributed by atoms with E-state index in [0.29, 0.717) is 30.5 Å². The SMILES string of the molecule is CCC(CCO)CNC(=O)NC1C2CCOC2C12CCCC2. The molecule has 0 bridgehead atoms. The predicted octanol–water partition coefficient (Wildman–Crippen LogP) is 2.04. The Kier molecular flexibility index (Phi) is 4.93. The molecule has 0 radical (unpaired) electrons. The van der Waals surface area contributed by atoms with E-state index in [1.165, 1.54) is 25.7 Å². The lowest BCUT2D eigenvalue weighted by Gasteiger charge is -2.56. The summed E-state index contributed by atoms with van der Waals surface area (Å²) in [5, 5.41) is 15.3. The lowest BCUT2D eigenvalue weighted by Crippen LogP contribution is -2.69. The Morgan fingerprint density at radius 2 is 2.18 bits per heavy atom. The minimum Gasteiger partial charge on any atom is -0.396 e. The Labute approximate surface area is 133 Å². The molecular formula is C17H30N2O3. The molecule has 2 amide bonds. The molecule has 126 valence electrons. The van der Waals surface area contributed by atoms with Crippen molar-refractivity contribution in [2.24, 2.45) is 17.3 Å². The first-order valence-corrected chi connectivity index (χ1v) is 8.98. The van der Waals surface area contributed by atoms with Gasteiger partial charge in [-0.15, -0.1) is 0 Å². The van der Waals surface area contributed by atoms with Crippen molar-refractivity contribution < 1.29 is 14.6 Å². The van der Waals surface area contributed by atoms with Crippen molar-refractivity contribution in [2.45, 2.75) is 64.0 Å². The summed E-state index contributed by atoms with van der Waals surface area (Å²) in [6.45, 7) is 3.78. The van der Waals surface area contributed by atoms with Crippen molar-refractivity contribution in [3.8, 4) is 0 Å². The standard InChI is InChI=1S/C17H30N2O3/c1-2-12(5-9-20)11-18-16(21)19-14-13-6-10-22-15(13)17(14)7-3-4-8-17/h12-15,20H,2-11H2,1H3,(H2,18,19,21). The summed E-state index contributed by atoms with van der Waals surface area (Å²) in [6, 6.07) is 0.249. The highest BCUT2D eigenvalue weighted by Crippen LogP contribution is 2.60. The fourth-order valence-corrected chi connectivity index (χ4v) is 4.97. The Hall–Kier alpha value is -0.810. The van der Waals surface area contributed by atoms with Gasteiger partial charge in [-0.05, 0) is 31.6 Å². The number of carbonyl (C=O) groups is 1. The summed E-state index contributed by atoms with van der Waals surface area (Å²) in [6.07, 6.45) is 8.12. The summed E-state index contributed by atoms with van der Waals surface area (Å²) in [5.74, 6) is 0.878. The van der Waals surface area contributed by atoms with E-state index in [4.69, 9.17) is 9.84 Å². The molecule has 2 aliphatic carbocycles. The van der Waals surface area contributed by atoms with E-state index < -0.39 is 0 Å². The van der Waals surface area contributed by atoms with Crippen molar-refractivity contribution in [1.29, 1.82) is 0 Å². The van der Waals surface area contributed by atoms with Crippen LogP contribution in [0.2, 0.25) is 0 Å². The number of carbonyl (C=O) groups excluding carboxylic acids is 1. The lowest BCUT2D eigenvalue weighted by atomic mass is 9.54. The van der Waals surface area contributed by atoms with Crippen LogP contribution in [0.4, 0.5) is 4.79 Å². The van der Waals surface area contributed by atoms with Crippen LogP contribution in [0.25, 0.3) is 0 Å². The van der Waals surface area contributed by atoms with Crippen LogP contribution in [-0.4, -0.2) is 43.0 Å². The molecule has 0 aromatic carbocycles. The molecule has 3 fully saturated rings. The summed E-state index contributed by atoms with van der Waals surface area (Å²) < 4.78 is 5.95. The van der Waals surface area contributed by atoms with Gasteiger partial charge in [0.1, 0.15) is 0 Å². The molecular weight excluding hydrogens is 280 g/mol. The number of nitrogens with one attached hydrogen (secondary N) is 2. The summed E-state index contributed by atoms with van der Waals surface area (Å²) >= 11 is 0. The third kappa shape index (κ3) is 2.73. The zero-order valence-corrected chi connectivity index (χ0v) is 13.6. The average Bonchev–Trinajstić information content (AvgIpc) is 3.16. The topological polar surface area (TPSA) is 70.6 Å². The van der Waals surface area contributed by atoms with Gasteiger partial charge in [-0.25, -0.2) is 4.79 Å². The molecule has 3 aliphatic rings. The molecule has 3 rings (SSSR count). The van der Waals surface area contributed by atoms with Crippen LogP contribution in [0.3, 0.4) is 0 Å². The zero-order chi connectivity index (χ0) is 15.6. The minimum absolute atomic E-state index is 0.0435. The maximum atomic E-state index is 12.3. The monoisotopic (exact) mass is 310 g/mol. The van der Waals surface area contributed by atoms with E-state index in [0.717, 1.165) is 25.9 Å². The van der Waals surface area contributed by atoms with Gasteiger partial charge in [0, 0.05) is 37.1 Å². The van der Waals surface area contributed by atoms with E-state index in [-0.39, 0.29) is 18.1 Å². The average molecular weight is 310 g/mol. The van der Waals surface area contributed by atoms with Gasteiger partial charge in [0.25, 0.3) is 0 Å². The van der Waals surface area contributed by atoms with Gasteiger partial charge < -0.3 is 20.5 Å². The highest BCUT2D eigenvalue weighted by atomic mass is 16.5. The molecule has 4 unspecified atom stereocenters. The maximum absolute atomic E-state index is 12.3. The Morgan fingerprint density at radius 1 is 1.41 bits per heavy atom. The van der Waals surface area contributed by atoms with Crippen molar-refractivity contribution in [2.75, 3.05) is 19.8 Å². The van der Waals surface area contributed by atoms with Crippen molar-refractivity contribution in [3.05, 3.63) is 0 Å². The Bertz CT molecular complexity index is 395. The molecule has 5 nitrogen and oxygen atoms in total. The second-order valence-electron chi connectivity index (χ2n) is 7.30. The molecule has 1 heterocycles. The third-order valence-electron chi connectivity index (χ3n) is 6.24. The predicted molar refractivity (Wildman–Crippen MR) is 84.6 cm³/mol. The summed E-state index contributed by atoms with van der Waals surface area (Å²) in [4.78, 5) is 12.3. The fourth-order valence-electron chi connectivity index (χ4n) is 4.97. The normalized spacial score (nSPS) is 33.3. The van der Waals surface area contributed by atoms with E-state index in [1.54, 1.807) is 0 Å². The van der Waals surface area contributed by atoms with Crippen LogP contribution in [0.1, 0.15) is 51.9 Å². The minimum atomic E-state index is -0.0435. The molecule has 22 heavy (non-hydrogen) atoms. The zero-order valence-electron chi connectivity index (χ0n) is 13.6. The van der Waals surface area contributed by atoms with Crippen LogP contribution in [0.15, 0.2) is 0 Å². The number of ether oxygens (including phenoxy) is 1. The first kappa shape index (κ1) is 16.1. The van der Waals surface area contributed by atoms with Crippen molar-refractivity contribution >= 4 is 6.03 Å². The number of rotatable bonds is 6. The molecule has 4 atom stereocenters. The largest absolute Gasteiger partial charge is 0.396 e. The maximum Gasteiger partial charge on any atom is 0.315 e. The van der Waals surface area contributed by atoms with E-state index in [1.807, 2.05) is 0 Å². The molecule has 2 saturated carbocycles. The van der Waals surface area contributed by atoms with Crippen LogP contribution in [0, 0.1) is 17.3 Å². The molecule has 0 aromatic rings. The second kappa shape index (κ2) is 6.75. The smallest absolute Gasteiger partial charge is 0.315 e. The summed E-state index contributed by atoms with van der Waals surface area (Å²) in [5.41, 5.74) is 0.216. The van der Waals surface area contributed by atoms with Gasteiger partial charge in [0.05, 0.1) is 6.10 Å². The molecule has 1 aliphatic heterocycles. The highest BCUT2D eigenvalue weighted by molar-refractivity contribution is 5.74. The number of fused-ring (bicyclic) bond motifs is 2. The highest BCUT2D eigenvalue weighted by Gasteiger charge is 2.65. The van der Waals surface area contributed by atoms with E-state index in [2.05, 4.69) is 17.6 Å². The summed E-state index contributed by atoms with van der Waals surface area (Å²) in [7, 11) is 0. The first-order valence-electron chi connectivity index (χ1n) is 8.98. The first-order chi connectivity index (χ1) is 10.7. The number of urea groups is 1. The van der Waals surface area contributed by atoms with E-state index in [9.17, 15) is 4.79 Å². The molecule has 1 spiro atoms. The lowest BCUT2D eigenvalue weighted by molar-refractivity contribution is -0.126. The van der Waals surface area contributed by atoms with Crippen LogP contribution in [0.5, 0.6) is 0 Å². The van der Waals surface area contributed by atoms with Gasteiger partial charge in [-0.3, -0.25) is 0 Å². The quantitative estimate of drug-likeness (QED) is 0.703. The Morgan fingerprint density at radius 3 is 2.86 bits per heavy atom. The van der Waals surface area contributed by atoms with Gasteiger partial charge in [0.15, 0.2) is 0 Å². The molecule has 1 saturated heterocycles. The van der Waals surface area contributed by atoms with Crippen molar-refractivity contribution in [1.82, 2.24) is 10.6 Å². The number of aliphatic hydroxyl groups is 1. The van der Waals surface area contributed by atoms with Crippen LogP contribution < -0.4 is 10.6 Å².